The number of carbonyl (C=O) groups excluding carboxylic acids is 2. The number of benzene rings is 1. The molecule has 0 spiro atoms. The Morgan fingerprint density at radius 1 is 1.24 bits per heavy atom. The van der Waals surface area contributed by atoms with Crippen LogP contribution in [0, 0.1) is 39.9 Å². The summed E-state index contributed by atoms with van der Waals surface area (Å²) < 4.78 is 33.3. The Morgan fingerprint density at radius 3 is 2.73 bits per heavy atom. The van der Waals surface area contributed by atoms with Gasteiger partial charge in [-0.05, 0) is 68.2 Å². The summed E-state index contributed by atoms with van der Waals surface area (Å²) in [5.74, 6) is -2.01. The van der Waals surface area contributed by atoms with E-state index in [9.17, 15) is 20.0 Å². The van der Waals surface area contributed by atoms with Crippen molar-refractivity contribution >= 4 is 22.7 Å². The van der Waals surface area contributed by atoms with Crippen LogP contribution in [0.25, 0.3) is 0 Å². The monoisotopic (exact) mass is 582 g/mol. The fourth-order valence-electron chi connectivity index (χ4n) is 9.11. The second kappa shape index (κ2) is 10.1. The van der Waals surface area contributed by atoms with Gasteiger partial charge in [-0.25, -0.2) is 8.78 Å². The quantitative estimate of drug-likeness (QED) is 0.509. The molecule has 4 fully saturated rings. The predicted octanol–water partition coefficient (Wildman–Crippen LogP) is 4.93. The average Bonchev–Trinajstić information content (AvgIpc) is 3.43. The minimum atomic E-state index is -2.21. The lowest BCUT2D eigenvalue weighted by molar-refractivity contribution is -0.263. The van der Waals surface area contributed by atoms with Crippen LogP contribution in [0.1, 0.15) is 45.1 Å². The maximum absolute atomic E-state index is 17.5. The average molecular weight is 583 g/mol. The molecule has 0 radical (unpaired) electrons. The van der Waals surface area contributed by atoms with Crippen molar-refractivity contribution in [1.82, 2.24) is 5.06 Å². The van der Waals surface area contributed by atoms with E-state index in [0.29, 0.717) is 19.5 Å². The Bertz CT molecular complexity index is 1350. The van der Waals surface area contributed by atoms with Crippen molar-refractivity contribution in [1.29, 1.82) is 5.26 Å². The molecule has 0 bridgehead atoms. The van der Waals surface area contributed by atoms with E-state index in [2.05, 4.69) is 12.1 Å². The topological polar surface area (TPSA) is 90.6 Å². The van der Waals surface area contributed by atoms with Crippen LogP contribution in [0.3, 0.4) is 0 Å². The third-order valence-electron chi connectivity index (χ3n) is 11.0. The van der Waals surface area contributed by atoms with E-state index in [1.807, 2.05) is 36.3 Å². The number of aryl methyl sites for hydroxylation is 1. The molecule has 9 heteroatoms. The lowest BCUT2D eigenvalue weighted by Gasteiger charge is -2.63. The number of hydroxylamine groups is 2. The largest absolute Gasteiger partial charge is 0.390 e. The molecule has 6 nitrogen and oxygen atoms in total. The minimum Gasteiger partial charge on any atom is -0.390 e. The highest BCUT2D eigenvalue weighted by Gasteiger charge is 2.79. The molecule has 3 saturated carbocycles. The molecule has 4 aliphatic carbocycles. The third kappa shape index (κ3) is 3.97. The highest BCUT2D eigenvalue weighted by atomic mass is 32.2. The maximum atomic E-state index is 17.5. The van der Waals surface area contributed by atoms with Gasteiger partial charge in [0.05, 0.1) is 17.9 Å². The summed E-state index contributed by atoms with van der Waals surface area (Å²) in [6.07, 6.45) is 2.75. The number of alkyl halides is 2. The third-order valence-corrected chi connectivity index (χ3v) is 11.8. The molecule has 41 heavy (non-hydrogen) atoms. The Hall–Kier alpha value is -2.38. The SMILES string of the molecule is C[C@]12C=CC(=O)C=C1[C@@H](F)C[C@H]1[C@@H]3C[C@H]4CN(CCCc5ccccc5)O[C@@]4(C(=O)SCC#N)[C@@]3(C)C[C@H](O)[C@@]12F. The van der Waals surface area contributed by atoms with E-state index >= 15 is 8.78 Å². The number of thioether (sulfide) groups is 1. The van der Waals surface area contributed by atoms with Crippen LogP contribution in [0.5, 0.6) is 0 Å². The van der Waals surface area contributed by atoms with Crippen LogP contribution in [0.15, 0.2) is 54.1 Å². The lowest BCUT2D eigenvalue weighted by Crippen LogP contribution is -2.70. The molecule has 0 amide bonds. The Labute approximate surface area is 243 Å². The number of fused-ring (bicyclic) bond motifs is 7. The molecule has 1 aliphatic heterocycles. The fourth-order valence-corrected chi connectivity index (χ4v) is 9.95. The Balaban J connectivity index is 1.33. The van der Waals surface area contributed by atoms with Gasteiger partial charge in [0.2, 0.25) is 5.12 Å². The molecule has 1 aromatic rings. The number of aliphatic hydroxyl groups is 1. The summed E-state index contributed by atoms with van der Waals surface area (Å²) in [5, 5.41) is 22.5. The van der Waals surface area contributed by atoms with Crippen molar-refractivity contribution in [2.75, 3.05) is 18.8 Å². The van der Waals surface area contributed by atoms with Gasteiger partial charge in [0.1, 0.15) is 6.17 Å². The van der Waals surface area contributed by atoms with Gasteiger partial charge >= 0.3 is 0 Å². The van der Waals surface area contributed by atoms with Crippen molar-refractivity contribution < 1.29 is 28.3 Å². The van der Waals surface area contributed by atoms with Crippen LogP contribution in [-0.2, 0) is 20.8 Å². The van der Waals surface area contributed by atoms with Crippen molar-refractivity contribution in [3.63, 3.8) is 0 Å². The predicted molar refractivity (Wildman–Crippen MR) is 151 cm³/mol. The van der Waals surface area contributed by atoms with E-state index in [1.54, 1.807) is 6.92 Å². The normalized spacial score (nSPS) is 43.0. The first-order chi connectivity index (χ1) is 19.5. The first-order valence-corrected chi connectivity index (χ1v) is 15.5. The van der Waals surface area contributed by atoms with Gasteiger partial charge in [-0.2, -0.15) is 10.3 Å². The van der Waals surface area contributed by atoms with Crippen LogP contribution in [0.4, 0.5) is 8.78 Å². The van der Waals surface area contributed by atoms with Crippen molar-refractivity contribution in [2.45, 2.75) is 69.5 Å². The van der Waals surface area contributed by atoms with Gasteiger partial charge in [-0.3, -0.25) is 14.4 Å². The number of carbonyl (C=O) groups is 2. The van der Waals surface area contributed by atoms with Gasteiger partial charge in [0.25, 0.3) is 0 Å². The number of aliphatic hydroxyl groups excluding tert-OH is 1. The number of allylic oxidation sites excluding steroid dienone is 4. The van der Waals surface area contributed by atoms with Crippen LogP contribution < -0.4 is 0 Å². The second-order valence-corrected chi connectivity index (χ2v) is 13.8. The van der Waals surface area contributed by atoms with Crippen LogP contribution in [-0.4, -0.2) is 63.5 Å². The molecular formula is C32H36F2N2O4S. The van der Waals surface area contributed by atoms with Crippen molar-refractivity contribution in [2.24, 2.45) is 28.6 Å². The number of nitrogens with zero attached hydrogens (tertiary/aromatic N) is 2. The second-order valence-electron chi connectivity index (χ2n) is 12.8. The fraction of sp³-hybridized carbons (Fsp3) is 0.594. The van der Waals surface area contributed by atoms with E-state index in [0.717, 1.165) is 24.6 Å². The number of hydrogen-bond donors (Lipinski definition) is 1. The number of ketones is 1. The molecule has 5 aliphatic rings. The minimum absolute atomic E-state index is 0.0396. The number of rotatable bonds is 6. The zero-order valence-corrected chi connectivity index (χ0v) is 24.2. The van der Waals surface area contributed by atoms with Crippen LogP contribution >= 0.6 is 11.8 Å². The van der Waals surface area contributed by atoms with Gasteiger partial charge in [-0.1, -0.05) is 55.1 Å². The zero-order valence-electron chi connectivity index (χ0n) is 23.4. The molecule has 0 unspecified atom stereocenters. The summed E-state index contributed by atoms with van der Waals surface area (Å²) in [7, 11) is 0. The van der Waals surface area contributed by atoms with Crippen molar-refractivity contribution in [3.8, 4) is 6.07 Å². The van der Waals surface area contributed by atoms with E-state index in [4.69, 9.17) is 4.84 Å². The maximum Gasteiger partial charge on any atom is 0.224 e. The van der Waals surface area contributed by atoms with Crippen molar-refractivity contribution in [3.05, 3.63) is 59.7 Å². The molecule has 6 rings (SSSR count). The number of halogens is 2. The van der Waals surface area contributed by atoms with Gasteiger partial charge in [0, 0.05) is 35.8 Å². The zero-order chi connectivity index (χ0) is 29.2. The smallest absolute Gasteiger partial charge is 0.224 e. The molecule has 9 atom stereocenters. The molecule has 1 heterocycles. The van der Waals surface area contributed by atoms with Gasteiger partial charge < -0.3 is 5.11 Å². The summed E-state index contributed by atoms with van der Waals surface area (Å²) in [5.41, 5.74) is -4.71. The number of hydrogen-bond acceptors (Lipinski definition) is 7. The standard InChI is InChI=1S/C32H36F2N2O4S/c1-29-11-10-22(37)16-25(29)26(33)17-24-23-15-21-19-36(13-6-9-20-7-4-3-5-8-20)40-32(21,28(39)41-14-12-35)30(23,2)18-27(38)31(24,29)34/h3-5,7-8,10-11,16,21,23-24,26-27,38H,6,9,13-15,17-19H2,1-2H3/t21-,23-,24-,26-,27-,29-,30-,31-,32-/m0/s1. The summed E-state index contributed by atoms with van der Waals surface area (Å²) in [4.78, 5) is 32.7. The summed E-state index contributed by atoms with van der Waals surface area (Å²) >= 11 is 0.907. The Kier molecular flexibility index (Phi) is 7.09. The van der Waals surface area contributed by atoms with E-state index in [-0.39, 0.29) is 41.0 Å². The molecule has 0 aromatic heterocycles. The molecular weight excluding hydrogens is 546 g/mol. The first kappa shape index (κ1) is 28.7. The summed E-state index contributed by atoms with van der Waals surface area (Å²) in [6, 6.07) is 12.1. The number of nitriles is 1. The first-order valence-electron chi connectivity index (χ1n) is 14.5. The van der Waals surface area contributed by atoms with Gasteiger partial charge in [0.15, 0.2) is 17.1 Å². The summed E-state index contributed by atoms with van der Waals surface area (Å²) in [6.45, 7) is 4.54. The van der Waals surface area contributed by atoms with Gasteiger partial charge in [-0.15, -0.1) is 0 Å². The Morgan fingerprint density at radius 2 is 2.00 bits per heavy atom. The highest BCUT2D eigenvalue weighted by molar-refractivity contribution is 8.14. The van der Waals surface area contributed by atoms with E-state index < -0.39 is 46.2 Å². The lowest BCUT2D eigenvalue weighted by atomic mass is 9.44. The molecule has 1 aromatic carbocycles. The van der Waals surface area contributed by atoms with Crippen LogP contribution in [0.2, 0.25) is 0 Å². The molecule has 1 saturated heterocycles. The van der Waals surface area contributed by atoms with E-state index in [1.165, 1.54) is 23.8 Å². The molecule has 218 valence electrons. The highest BCUT2D eigenvalue weighted by Crippen LogP contribution is 2.73. The molecule has 1 N–H and O–H groups in total.